The molecule has 0 unspecified atom stereocenters. The van der Waals surface area contributed by atoms with Gasteiger partial charge in [-0.3, -0.25) is 14.5 Å². The molecule has 1 fully saturated rings. The lowest BCUT2D eigenvalue weighted by atomic mass is 10.2. The van der Waals surface area contributed by atoms with Crippen molar-refractivity contribution in [3.63, 3.8) is 0 Å². The first-order valence-electron chi connectivity index (χ1n) is 9.36. The average Bonchev–Trinajstić information content (AvgIpc) is 3.05. The summed E-state index contributed by atoms with van der Waals surface area (Å²) in [5.74, 6) is -0.218. The first kappa shape index (κ1) is 21.4. The Morgan fingerprint density at radius 3 is 2.47 bits per heavy atom. The fourth-order valence-corrected chi connectivity index (χ4v) is 5.32. The summed E-state index contributed by atoms with van der Waals surface area (Å²) in [6, 6.07) is 12.5. The zero-order chi connectivity index (χ0) is 21.3. The normalized spacial score (nSPS) is 14.8. The van der Waals surface area contributed by atoms with E-state index in [2.05, 4.69) is 5.32 Å². The number of benzene rings is 2. The summed E-state index contributed by atoms with van der Waals surface area (Å²) in [5, 5.41) is 5.25. The predicted molar refractivity (Wildman–Crippen MR) is 124 cm³/mol. The third kappa shape index (κ3) is 4.58. The molecule has 0 bridgehead atoms. The van der Waals surface area contributed by atoms with Gasteiger partial charge >= 0.3 is 0 Å². The Balaban J connectivity index is 1.35. The molecule has 30 heavy (non-hydrogen) atoms. The number of rotatable bonds is 4. The molecule has 2 amide bonds. The molecule has 1 aliphatic heterocycles. The highest BCUT2D eigenvalue weighted by molar-refractivity contribution is 7.21. The van der Waals surface area contributed by atoms with Crippen molar-refractivity contribution >= 4 is 73.7 Å². The molecule has 1 aromatic heterocycles. The van der Waals surface area contributed by atoms with E-state index >= 15 is 0 Å². The standard InChI is InChI=1S/C21H18Cl3N3O2S/c22-13-5-6-14-17(11-13)30-20(19(14)24)21(29)27-9-7-26(8-10-27)12-18(28)25-16-4-2-1-3-15(16)23/h1-6,11H,7-10,12H2,(H,25,28). The molecule has 3 aromatic rings. The van der Waals surface area contributed by atoms with Gasteiger partial charge in [-0.25, -0.2) is 0 Å². The van der Waals surface area contributed by atoms with Crippen LogP contribution in [-0.4, -0.2) is 54.3 Å². The number of amides is 2. The van der Waals surface area contributed by atoms with Gasteiger partial charge in [0.1, 0.15) is 4.88 Å². The maximum absolute atomic E-state index is 13.0. The first-order chi connectivity index (χ1) is 14.4. The van der Waals surface area contributed by atoms with Crippen LogP contribution in [0.5, 0.6) is 0 Å². The van der Waals surface area contributed by atoms with Crippen molar-refractivity contribution in [1.29, 1.82) is 0 Å². The van der Waals surface area contributed by atoms with Crippen molar-refractivity contribution < 1.29 is 9.59 Å². The molecule has 5 nitrogen and oxygen atoms in total. The first-order valence-corrected chi connectivity index (χ1v) is 11.3. The lowest BCUT2D eigenvalue weighted by Gasteiger charge is -2.34. The number of nitrogens with one attached hydrogen (secondary N) is 1. The van der Waals surface area contributed by atoms with Gasteiger partial charge < -0.3 is 10.2 Å². The molecule has 0 radical (unpaired) electrons. The molecule has 2 heterocycles. The summed E-state index contributed by atoms with van der Waals surface area (Å²) >= 11 is 19.9. The summed E-state index contributed by atoms with van der Waals surface area (Å²) < 4.78 is 0.894. The number of anilines is 1. The summed E-state index contributed by atoms with van der Waals surface area (Å²) in [5.41, 5.74) is 0.595. The SMILES string of the molecule is O=C(CN1CCN(C(=O)c2sc3cc(Cl)ccc3c2Cl)CC1)Nc1ccccc1Cl. The highest BCUT2D eigenvalue weighted by Crippen LogP contribution is 2.37. The van der Waals surface area contributed by atoms with Crippen LogP contribution in [0.1, 0.15) is 9.67 Å². The van der Waals surface area contributed by atoms with Crippen LogP contribution in [0.4, 0.5) is 5.69 Å². The Labute approximate surface area is 193 Å². The average molecular weight is 483 g/mol. The van der Waals surface area contributed by atoms with Crippen LogP contribution in [0.25, 0.3) is 10.1 Å². The number of halogens is 3. The molecule has 2 aromatic carbocycles. The van der Waals surface area contributed by atoms with Gasteiger partial charge in [0.15, 0.2) is 0 Å². The molecule has 1 saturated heterocycles. The van der Waals surface area contributed by atoms with Crippen molar-refractivity contribution in [2.45, 2.75) is 0 Å². The van der Waals surface area contributed by atoms with Crippen molar-refractivity contribution in [1.82, 2.24) is 9.80 Å². The number of fused-ring (bicyclic) bond motifs is 1. The van der Waals surface area contributed by atoms with Crippen LogP contribution in [0, 0.1) is 0 Å². The maximum Gasteiger partial charge on any atom is 0.265 e. The summed E-state index contributed by atoms with van der Waals surface area (Å²) in [6.07, 6.45) is 0. The third-order valence-corrected chi connectivity index (χ3v) is 7.17. The van der Waals surface area contributed by atoms with Crippen LogP contribution in [-0.2, 0) is 4.79 Å². The second-order valence-electron chi connectivity index (χ2n) is 6.98. The van der Waals surface area contributed by atoms with Gasteiger partial charge in [-0.1, -0.05) is 53.0 Å². The fourth-order valence-electron chi connectivity index (χ4n) is 3.38. The van der Waals surface area contributed by atoms with E-state index in [0.717, 1.165) is 10.1 Å². The van der Waals surface area contributed by atoms with Gasteiger partial charge in [-0.2, -0.15) is 0 Å². The molecule has 0 aliphatic carbocycles. The van der Waals surface area contributed by atoms with Gasteiger partial charge in [0.05, 0.1) is 22.3 Å². The fraction of sp³-hybridized carbons (Fsp3) is 0.238. The lowest BCUT2D eigenvalue weighted by Crippen LogP contribution is -2.50. The largest absolute Gasteiger partial charge is 0.335 e. The van der Waals surface area contributed by atoms with Crippen LogP contribution in [0.15, 0.2) is 42.5 Å². The van der Waals surface area contributed by atoms with E-state index in [4.69, 9.17) is 34.8 Å². The van der Waals surface area contributed by atoms with Gasteiger partial charge in [0.25, 0.3) is 5.91 Å². The quantitative estimate of drug-likeness (QED) is 0.552. The number of carbonyl (C=O) groups excluding carboxylic acids is 2. The second kappa shape index (κ2) is 9.12. The van der Waals surface area contributed by atoms with Crippen molar-refractivity contribution in [3.8, 4) is 0 Å². The van der Waals surface area contributed by atoms with E-state index in [1.54, 1.807) is 23.1 Å². The Morgan fingerprint density at radius 2 is 1.73 bits per heavy atom. The van der Waals surface area contributed by atoms with E-state index in [0.29, 0.717) is 51.8 Å². The van der Waals surface area contributed by atoms with E-state index in [9.17, 15) is 9.59 Å². The molecule has 9 heteroatoms. The molecule has 4 rings (SSSR count). The predicted octanol–water partition coefficient (Wildman–Crippen LogP) is 5.26. The van der Waals surface area contributed by atoms with Crippen LogP contribution in [0.2, 0.25) is 15.1 Å². The molecule has 1 aliphatic rings. The topological polar surface area (TPSA) is 52.7 Å². The van der Waals surface area contributed by atoms with Gasteiger partial charge in [-0.05, 0) is 24.3 Å². The zero-order valence-electron chi connectivity index (χ0n) is 15.8. The minimum Gasteiger partial charge on any atom is -0.335 e. The van der Waals surface area contributed by atoms with Crippen LogP contribution >= 0.6 is 46.1 Å². The molecular formula is C21H18Cl3N3O2S. The maximum atomic E-state index is 13.0. The minimum atomic E-state index is -0.132. The summed E-state index contributed by atoms with van der Waals surface area (Å²) in [4.78, 5) is 29.6. The summed E-state index contributed by atoms with van der Waals surface area (Å²) in [6.45, 7) is 2.52. The summed E-state index contributed by atoms with van der Waals surface area (Å²) in [7, 11) is 0. The second-order valence-corrected chi connectivity index (χ2v) is 9.26. The zero-order valence-corrected chi connectivity index (χ0v) is 18.9. The van der Waals surface area contributed by atoms with Gasteiger partial charge in [-0.15, -0.1) is 11.3 Å². The van der Waals surface area contributed by atoms with Gasteiger partial charge in [0.2, 0.25) is 5.91 Å². The number of nitrogens with zero attached hydrogens (tertiary/aromatic N) is 2. The highest BCUT2D eigenvalue weighted by Gasteiger charge is 2.27. The Bertz CT molecular complexity index is 1110. The molecule has 0 saturated carbocycles. The number of para-hydroxylation sites is 1. The monoisotopic (exact) mass is 481 g/mol. The van der Waals surface area contributed by atoms with Crippen molar-refractivity contribution in [3.05, 3.63) is 62.4 Å². The molecule has 156 valence electrons. The number of piperazine rings is 1. The third-order valence-electron chi connectivity index (χ3n) is 4.96. The smallest absolute Gasteiger partial charge is 0.265 e. The number of hydrogen-bond acceptors (Lipinski definition) is 4. The number of carbonyl (C=O) groups is 2. The Morgan fingerprint density at radius 1 is 1.00 bits per heavy atom. The van der Waals surface area contributed by atoms with Crippen LogP contribution < -0.4 is 5.32 Å². The van der Waals surface area contributed by atoms with E-state index in [-0.39, 0.29) is 18.4 Å². The van der Waals surface area contributed by atoms with Crippen LogP contribution in [0.3, 0.4) is 0 Å². The Hall–Kier alpha value is -1.83. The van der Waals surface area contributed by atoms with E-state index < -0.39 is 0 Å². The lowest BCUT2D eigenvalue weighted by molar-refractivity contribution is -0.117. The Kier molecular flexibility index (Phi) is 6.51. The minimum absolute atomic E-state index is 0.0857. The number of thiophene rings is 1. The van der Waals surface area contributed by atoms with Gasteiger partial charge in [0, 0.05) is 41.3 Å². The van der Waals surface area contributed by atoms with Crippen molar-refractivity contribution in [2.75, 3.05) is 38.0 Å². The highest BCUT2D eigenvalue weighted by atomic mass is 35.5. The number of hydrogen-bond donors (Lipinski definition) is 1. The molecule has 0 atom stereocenters. The van der Waals surface area contributed by atoms with E-state index in [1.807, 2.05) is 29.2 Å². The molecular weight excluding hydrogens is 465 g/mol. The molecule has 0 spiro atoms. The van der Waals surface area contributed by atoms with Crippen molar-refractivity contribution in [2.24, 2.45) is 0 Å². The molecule has 1 N–H and O–H groups in total. The van der Waals surface area contributed by atoms with E-state index in [1.165, 1.54) is 11.3 Å².